The van der Waals surface area contributed by atoms with Crippen molar-refractivity contribution in [1.29, 1.82) is 0 Å². The molecule has 1 aliphatic carbocycles. The average Bonchev–Trinajstić information content (AvgIpc) is 2.41. The molecule has 0 radical (unpaired) electrons. The summed E-state index contributed by atoms with van der Waals surface area (Å²) >= 11 is 3.17. The van der Waals surface area contributed by atoms with Gasteiger partial charge in [-0.1, -0.05) is 6.07 Å². The Bertz CT molecular complexity index is 389. The Morgan fingerprint density at radius 3 is 2.61 bits per heavy atom. The van der Waals surface area contributed by atoms with E-state index in [2.05, 4.69) is 15.9 Å². The topological polar surface area (TPSA) is 29.5 Å². The molecule has 1 aromatic carbocycles. The van der Waals surface area contributed by atoms with Crippen molar-refractivity contribution in [3.05, 3.63) is 34.1 Å². The van der Waals surface area contributed by atoms with Gasteiger partial charge >= 0.3 is 0 Å². The molecular weight excluding hydrogens is 299 g/mol. The maximum absolute atomic E-state index is 13.1. The number of halogens is 2. The van der Waals surface area contributed by atoms with Crippen molar-refractivity contribution in [2.24, 2.45) is 5.92 Å². The Kier molecular flexibility index (Phi) is 5.15. The molecule has 1 fully saturated rings. The summed E-state index contributed by atoms with van der Waals surface area (Å²) in [6.45, 7) is 0.810. The molecule has 0 bridgehead atoms. The Morgan fingerprint density at radius 1 is 1.28 bits per heavy atom. The number of benzene rings is 1. The van der Waals surface area contributed by atoms with Crippen LogP contribution in [0.2, 0.25) is 0 Å². The second-order valence-electron chi connectivity index (χ2n) is 4.88. The van der Waals surface area contributed by atoms with Gasteiger partial charge in [0.2, 0.25) is 0 Å². The van der Waals surface area contributed by atoms with Gasteiger partial charge in [0.15, 0.2) is 0 Å². The van der Waals surface area contributed by atoms with Crippen LogP contribution < -0.4 is 0 Å². The van der Waals surface area contributed by atoms with Gasteiger partial charge < -0.3 is 9.84 Å². The van der Waals surface area contributed by atoms with Crippen molar-refractivity contribution in [2.75, 3.05) is 6.61 Å². The summed E-state index contributed by atoms with van der Waals surface area (Å²) in [5, 5.41) is 9.06. The molecule has 4 heteroatoms. The maximum Gasteiger partial charge on any atom is 0.137 e. The van der Waals surface area contributed by atoms with Gasteiger partial charge in [-0.15, -0.1) is 0 Å². The lowest BCUT2D eigenvalue weighted by atomic mass is 9.88. The van der Waals surface area contributed by atoms with Crippen molar-refractivity contribution in [3.8, 4) is 0 Å². The third kappa shape index (κ3) is 3.77. The summed E-state index contributed by atoms with van der Waals surface area (Å²) < 4.78 is 19.4. The fraction of sp³-hybridized carbons (Fsp3) is 0.571. The van der Waals surface area contributed by atoms with Crippen LogP contribution in [0.1, 0.15) is 31.2 Å². The van der Waals surface area contributed by atoms with Gasteiger partial charge in [0, 0.05) is 6.61 Å². The Hall–Kier alpha value is -0.450. The molecule has 0 atom stereocenters. The Morgan fingerprint density at radius 2 is 2.00 bits per heavy atom. The van der Waals surface area contributed by atoms with Crippen LogP contribution >= 0.6 is 15.9 Å². The Balaban J connectivity index is 1.79. The summed E-state index contributed by atoms with van der Waals surface area (Å²) in [6, 6.07) is 4.96. The summed E-state index contributed by atoms with van der Waals surface area (Å²) in [5.74, 6) is 0.201. The normalized spacial score (nSPS) is 24.2. The molecule has 2 rings (SSSR count). The zero-order valence-corrected chi connectivity index (χ0v) is 11.8. The maximum atomic E-state index is 13.1. The van der Waals surface area contributed by atoms with Crippen LogP contribution in [0.4, 0.5) is 4.39 Å². The standard InChI is InChI=1S/C14H18BrFO2/c15-13-7-11(3-6-14(13)16)9-18-12-4-1-10(8-17)2-5-12/h3,6-7,10,12,17H,1-2,4-5,8-9H2. The summed E-state index contributed by atoms with van der Waals surface area (Å²) in [7, 11) is 0. The zero-order valence-electron chi connectivity index (χ0n) is 10.2. The fourth-order valence-corrected chi connectivity index (χ4v) is 2.75. The number of hydrogen-bond donors (Lipinski definition) is 1. The van der Waals surface area contributed by atoms with Gasteiger partial charge in [0.25, 0.3) is 0 Å². The summed E-state index contributed by atoms with van der Waals surface area (Å²) in [5.41, 5.74) is 0.979. The third-order valence-electron chi connectivity index (χ3n) is 3.52. The highest BCUT2D eigenvalue weighted by Crippen LogP contribution is 2.26. The van der Waals surface area contributed by atoms with Crippen LogP contribution in [0.15, 0.2) is 22.7 Å². The van der Waals surface area contributed by atoms with Crippen LogP contribution in [0.3, 0.4) is 0 Å². The van der Waals surface area contributed by atoms with Crippen molar-refractivity contribution < 1.29 is 14.2 Å². The first-order valence-electron chi connectivity index (χ1n) is 6.35. The fourth-order valence-electron chi connectivity index (χ4n) is 2.32. The summed E-state index contributed by atoms with van der Waals surface area (Å²) in [4.78, 5) is 0. The smallest absolute Gasteiger partial charge is 0.137 e. The number of aliphatic hydroxyl groups excluding tert-OH is 1. The van der Waals surface area contributed by atoms with E-state index in [9.17, 15) is 4.39 Å². The minimum atomic E-state index is -0.248. The first kappa shape index (κ1) is 14.0. The minimum Gasteiger partial charge on any atom is -0.396 e. The lowest BCUT2D eigenvalue weighted by Gasteiger charge is -2.27. The highest BCUT2D eigenvalue weighted by Gasteiger charge is 2.20. The van der Waals surface area contributed by atoms with E-state index >= 15 is 0 Å². The lowest BCUT2D eigenvalue weighted by molar-refractivity contribution is 0.00117. The molecule has 2 nitrogen and oxygen atoms in total. The van der Waals surface area contributed by atoms with Crippen LogP contribution in [-0.2, 0) is 11.3 Å². The molecule has 1 aromatic rings. The first-order valence-corrected chi connectivity index (χ1v) is 7.14. The second-order valence-corrected chi connectivity index (χ2v) is 5.74. The second kappa shape index (κ2) is 6.64. The molecule has 0 aromatic heterocycles. The van der Waals surface area contributed by atoms with Crippen LogP contribution in [0, 0.1) is 11.7 Å². The van der Waals surface area contributed by atoms with Crippen molar-refractivity contribution in [3.63, 3.8) is 0 Å². The summed E-state index contributed by atoms with van der Waals surface area (Å²) in [6.07, 6.45) is 4.36. The van der Waals surface area contributed by atoms with E-state index in [0.717, 1.165) is 31.2 Å². The van der Waals surface area contributed by atoms with Gasteiger partial charge in [0.05, 0.1) is 17.2 Å². The quantitative estimate of drug-likeness (QED) is 0.918. The van der Waals surface area contributed by atoms with Gasteiger partial charge in [0.1, 0.15) is 5.82 Å². The largest absolute Gasteiger partial charge is 0.396 e. The minimum absolute atomic E-state index is 0.248. The zero-order chi connectivity index (χ0) is 13.0. The van der Waals surface area contributed by atoms with Gasteiger partial charge in [-0.05, 0) is 65.2 Å². The molecule has 0 unspecified atom stereocenters. The molecule has 1 N–H and O–H groups in total. The van der Waals surface area contributed by atoms with E-state index in [1.807, 2.05) is 0 Å². The van der Waals surface area contributed by atoms with E-state index in [-0.39, 0.29) is 18.5 Å². The van der Waals surface area contributed by atoms with Crippen molar-refractivity contribution in [1.82, 2.24) is 0 Å². The molecule has 0 amide bonds. The van der Waals surface area contributed by atoms with Crippen molar-refractivity contribution >= 4 is 15.9 Å². The number of ether oxygens (including phenoxy) is 1. The monoisotopic (exact) mass is 316 g/mol. The van der Waals surface area contributed by atoms with E-state index in [1.54, 1.807) is 12.1 Å². The SMILES string of the molecule is OCC1CCC(OCc2ccc(F)c(Br)c2)CC1. The molecular formula is C14H18BrFO2. The van der Waals surface area contributed by atoms with Crippen LogP contribution in [-0.4, -0.2) is 17.8 Å². The molecule has 0 aliphatic heterocycles. The van der Waals surface area contributed by atoms with Crippen LogP contribution in [0.25, 0.3) is 0 Å². The number of hydrogen-bond acceptors (Lipinski definition) is 2. The van der Waals surface area contributed by atoms with E-state index in [1.165, 1.54) is 6.07 Å². The van der Waals surface area contributed by atoms with E-state index < -0.39 is 0 Å². The highest BCUT2D eigenvalue weighted by molar-refractivity contribution is 9.10. The predicted octanol–water partition coefficient (Wildman–Crippen LogP) is 3.66. The molecule has 1 saturated carbocycles. The molecule has 1 aliphatic rings. The van der Waals surface area contributed by atoms with Gasteiger partial charge in [-0.25, -0.2) is 4.39 Å². The van der Waals surface area contributed by atoms with Gasteiger partial charge in [-0.3, -0.25) is 0 Å². The van der Waals surface area contributed by atoms with E-state index in [0.29, 0.717) is 17.0 Å². The highest BCUT2D eigenvalue weighted by atomic mass is 79.9. The van der Waals surface area contributed by atoms with E-state index in [4.69, 9.17) is 9.84 Å². The lowest BCUT2D eigenvalue weighted by Crippen LogP contribution is -2.23. The molecule has 0 spiro atoms. The Labute approximate surface area is 115 Å². The van der Waals surface area contributed by atoms with Crippen LogP contribution in [0.5, 0.6) is 0 Å². The molecule has 18 heavy (non-hydrogen) atoms. The first-order chi connectivity index (χ1) is 8.69. The number of aliphatic hydroxyl groups is 1. The molecule has 0 saturated heterocycles. The van der Waals surface area contributed by atoms with Crippen molar-refractivity contribution in [2.45, 2.75) is 38.4 Å². The predicted molar refractivity (Wildman–Crippen MR) is 71.7 cm³/mol. The average molecular weight is 317 g/mol. The molecule has 0 heterocycles. The molecule has 100 valence electrons. The third-order valence-corrected chi connectivity index (χ3v) is 4.13. The van der Waals surface area contributed by atoms with Gasteiger partial charge in [-0.2, -0.15) is 0 Å². The number of rotatable bonds is 4.